The molecule has 0 aromatic rings. The first-order chi connectivity index (χ1) is 7.25. The maximum absolute atomic E-state index is 11.3. The molecule has 0 saturated heterocycles. The third-order valence-corrected chi connectivity index (χ3v) is 1.92. The summed E-state index contributed by atoms with van der Waals surface area (Å²) in [6.07, 6.45) is -0.503. The molecule has 0 aromatic carbocycles. The number of carbonyl (C=O) groups is 3. The first kappa shape index (κ1) is 14.1. The number of allylic oxidation sites excluding steroid dienone is 1. The summed E-state index contributed by atoms with van der Waals surface area (Å²) in [4.78, 5) is 32.7. The largest absolute Gasteiger partial charge is 0.478 e. The quantitative estimate of drug-likeness (QED) is 0.445. The van der Waals surface area contributed by atoms with Crippen molar-refractivity contribution in [2.45, 2.75) is 27.2 Å². The highest BCUT2D eigenvalue weighted by atomic mass is 16.6. The fourth-order valence-corrected chi connectivity index (χ4v) is 0.670. The van der Waals surface area contributed by atoms with Gasteiger partial charge in [0.05, 0.1) is 6.42 Å². The second kappa shape index (κ2) is 5.85. The molecule has 0 unspecified atom stereocenters. The Morgan fingerprint density at radius 3 is 2.06 bits per heavy atom. The SMILES string of the molecule is C=C(CC(=O)OC(=O)C(C)=C(C)C)C(=O)O. The van der Waals surface area contributed by atoms with E-state index in [0.29, 0.717) is 5.57 Å². The van der Waals surface area contributed by atoms with Crippen molar-refractivity contribution >= 4 is 17.9 Å². The van der Waals surface area contributed by atoms with Gasteiger partial charge in [-0.1, -0.05) is 12.2 Å². The van der Waals surface area contributed by atoms with Gasteiger partial charge in [-0.25, -0.2) is 9.59 Å². The Morgan fingerprint density at radius 1 is 1.19 bits per heavy atom. The van der Waals surface area contributed by atoms with Crippen LogP contribution in [0, 0.1) is 0 Å². The summed E-state index contributed by atoms with van der Waals surface area (Å²) in [5, 5.41) is 8.46. The van der Waals surface area contributed by atoms with E-state index in [2.05, 4.69) is 11.3 Å². The summed E-state index contributed by atoms with van der Waals surface area (Å²) in [5.74, 6) is -2.97. The van der Waals surface area contributed by atoms with Gasteiger partial charge in [0, 0.05) is 11.1 Å². The van der Waals surface area contributed by atoms with Gasteiger partial charge in [-0.2, -0.15) is 0 Å². The van der Waals surface area contributed by atoms with Crippen LogP contribution in [0.3, 0.4) is 0 Å². The van der Waals surface area contributed by atoms with Crippen molar-refractivity contribution in [3.05, 3.63) is 23.3 Å². The van der Waals surface area contributed by atoms with E-state index in [1.165, 1.54) is 6.92 Å². The number of carbonyl (C=O) groups excluding carboxylic acids is 2. The molecule has 0 spiro atoms. The van der Waals surface area contributed by atoms with Gasteiger partial charge in [0.25, 0.3) is 0 Å². The maximum atomic E-state index is 11.3. The van der Waals surface area contributed by atoms with E-state index >= 15 is 0 Å². The van der Waals surface area contributed by atoms with Crippen LogP contribution in [0.1, 0.15) is 27.2 Å². The minimum Gasteiger partial charge on any atom is -0.478 e. The lowest BCUT2D eigenvalue weighted by atomic mass is 10.2. The van der Waals surface area contributed by atoms with Crippen LogP contribution in [0.5, 0.6) is 0 Å². The van der Waals surface area contributed by atoms with Crippen LogP contribution in [0.25, 0.3) is 0 Å². The molecule has 0 saturated carbocycles. The molecule has 0 fully saturated rings. The molecule has 5 heteroatoms. The molecule has 0 aliphatic heterocycles. The van der Waals surface area contributed by atoms with Gasteiger partial charge in [-0.05, 0) is 20.8 Å². The number of carboxylic acid groups (broad SMARTS) is 1. The van der Waals surface area contributed by atoms with E-state index < -0.39 is 24.3 Å². The van der Waals surface area contributed by atoms with Crippen molar-refractivity contribution in [2.24, 2.45) is 0 Å². The van der Waals surface area contributed by atoms with Crippen molar-refractivity contribution in [3.8, 4) is 0 Å². The van der Waals surface area contributed by atoms with Crippen LogP contribution >= 0.6 is 0 Å². The molecule has 0 heterocycles. The predicted molar refractivity (Wildman–Crippen MR) is 56.5 cm³/mol. The molecule has 0 aliphatic rings. The minimum atomic E-state index is -1.29. The summed E-state index contributed by atoms with van der Waals surface area (Å²) in [6, 6.07) is 0. The van der Waals surface area contributed by atoms with E-state index in [1.54, 1.807) is 13.8 Å². The molecule has 5 nitrogen and oxygen atoms in total. The van der Waals surface area contributed by atoms with E-state index in [9.17, 15) is 14.4 Å². The Labute approximate surface area is 93.4 Å². The van der Waals surface area contributed by atoms with Crippen LogP contribution in [0.15, 0.2) is 23.3 Å². The molecule has 88 valence electrons. The second-order valence-corrected chi connectivity index (χ2v) is 3.47. The zero-order chi connectivity index (χ0) is 12.9. The Balaban J connectivity index is 4.39. The number of esters is 2. The summed E-state index contributed by atoms with van der Waals surface area (Å²) < 4.78 is 4.43. The third-order valence-electron chi connectivity index (χ3n) is 1.92. The van der Waals surface area contributed by atoms with Crippen molar-refractivity contribution in [2.75, 3.05) is 0 Å². The predicted octanol–water partition coefficient (Wildman–Crippen LogP) is 1.44. The number of carboxylic acids is 1. The number of aliphatic carboxylic acids is 1. The smallest absolute Gasteiger partial charge is 0.341 e. The van der Waals surface area contributed by atoms with Gasteiger partial charge in [0.2, 0.25) is 0 Å². The highest BCUT2D eigenvalue weighted by Crippen LogP contribution is 2.07. The van der Waals surface area contributed by atoms with Crippen LogP contribution < -0.4 is 0 Å². The normalized spacial score (nSPS) is 9.19. The molecule has 0 atom stereocenters. The molecular formula is C11H14O5. The fraction of sp³-hybridized carbons (Fsp3) is 0.364. The van der Waals surface area contributed by atoms with Crippen molar-refractivity contribution in [3.63, 3.8) is 0 Å². The standard InChI is InChI=1S/C11H14O5/c1-6(2)8(4)11(15)16-9(12)5-7(3)10(13)14/h3,5H2,1-2,4H3,(H,13,14). The van der Waals surface area contributed by atoms with E-state index in [4.69, 9.17) is 5.11 Å². The Bertz CT molecular complexity index is 372. The first-order valence-corrected chi connectivity index (χ1v) is 4.55. The third kappa shape index (κ3) is 4.54. The second-order valence-electron chi connectivity index (χ2n) is 3.47. The highest BCUT2D eigenvalue weighted by Gasteiger charge is 2.16. The molecular weight excluding hydrogens is 212 g/mol. The van der Waals surface area contributed by atoms with Gasteiger partial charge in [-0.3, -0.25) is 4.79 Å². The molecule has 1 N–H and O–H groups in total. The molecule has 0 rings (SSSR count). The van der Waals surface area contributed by atoms with Crippen LogP contribution in [0.4, 0.5) is 0 Å². The average molecular weight is 226 g/mol. The van der Waals surface area contributed by atoms with Crippen molar-refractivity contribution in [1.82, 2.24) is 0 Å². The Morgan fingerprint density at radius 2 is 1.69 bits per heavy atom. The summed E-state index contributed by atoms with van der Waals surface area (Å²) in [5.41, 5.74) is 0.747. The number of hydrogen-bond acceptors (Lipinski definition) is 4. The molecule has 0 aliphatic carbocycles. The van der Waals surface area contributed by atoms with Gasteiger partial charge >= 0.3 is 17.9 Å². The Hall–Kier alpha value is -1.91. The average Bonchev–Trinajstić information content (AvgIpc) is 2.15. The molecule has 0 bridgehead atoms. The lowest BCUT2D eigenvalue weighted by Gasteiger charge is -2.04. The lowest BCUT2D eigenvalue weighted by molar-refractivity contribution is -0.157. The first-order valence-electron chi connectivity index (χ1n) is 4.55. The van der Waals surface area contributed by atoms with Crippen LogP contribution in [-0.2, 0) is 19.1 Å². The number of rotatable bonds is 4. The number of ether oxygens (including phenoxy) is 1. The Kier molecular flexibility index (Phi) is 5.15. The van der Waals surface area contributed by atoms with Gasteiger partial charge in [0.1, 0.15) is 0 Å². The zero-order valence-electron chi connectivity index (χ0n) is 9.49. The molecule has 16 heavy (non-hydrogen) atoms. The highest BCUT2D eigenvalue weighted by molar-refractivity contribution is 5.99. The molecule has 0 aromatic heterocycles. The topological polar surface area (TPSA) is 80.7 Å². The van der Waals surface area contributed by atoms with E-state index in [0.717, 1.165) is 5.57 Å². The summed E-state index contributed by atoms with van der Waals surface area (Å²) in [7, 11) is 0. The van der Waals surface area contributed by atoms with Crippen molar-refractivity contribution < 1.29 is 24.2 Å². The van der Waals surface area contributed by atoms with Gasteiger partial charge < -0.3 is 9.84 Å². The maximum Gasteiger partial charge on any atom is 0.341 e. The van der Waals surface area contributed by atoms with Gasteiger partial charge in [-0.15, -0.1) is 0 Å². The monoisotopic (exact) mass is 226 g/mol. The van der Waals surface area contributed by atoms with Crippen LogP contribution in [-0.4, -0.2) is 23.0 Å². The zero-order valence-corrected chi connectivity index (χ0v) is 9.49. The molecule has 0 amide bonds. The van der Waals surface area contributed by atoms with E-state index in [-0.39, 0.29) is 5.57 Å². The van der Waals surface area contributed by atoms with Crippen molar-refractivity contribution in [1.29, 1.82) is 0 Å². The van der Waals surface area contributed by atoms with E-state index in [1.807, 2.05) is 0 Å². The number of hydrogen-bond donors (Lipinski definition) is 1. The summed E-state index contributed by atoms with van der Waals surface area (Å²) in [6.45, 7) is 8.09. The fourth-order valence-electron chi connectivity index (χ4n) is 0.670. The minimum absolute atomic E-state index is 0.312. The van der Waals surface area contributed by atoms with Gasteiger partial charge in [0.15, 0.2) is 0 Å². The lowest BCUT2D eigenvalue weighted by Crippen LogP contribution is -2.16. The van der Waals surface area contributed by atoms with Crippen LogP contribution in [0.2, 0.25) is 0 Å². The summed E-state index contributed by atoms with van der Waals surface area (Å²) >= 11 is 0. The molecule has 0 radical (unpaired) electrons.